The van der Waals surface area contributed by atoms with Crippen LogP contribution in [0, 0.1) is 5.92 Å². The van der Waals surface area contributed by atoms with Gasteiger partial charge in [0, 0.05) is 12.1 Å². The van der Waals surface area contributed by atoms with E-state index in [0.29, 0.717) is 12.1 Å². The number of halogens is 1. The van der Waals surface area contributed by atoms with Gasteiger partial charge in [-0.05, 0) is 19.3 Å². The summed E-state index contributed by atoms with van der Waals surface area (Å²) in [6.45, 7) is 0. The van der Waals surface area contributed by atoms with Gasteiger partial charge in [0.05, 0.1) is 13.0 Å². The SMILES string of the molecule is COC(=O)[C@@H]1C[C@H]2CCC[C@@H]1N2.Cl. The molecule has 0 aromatic carbocycles. The molecular formula is C9H16ClNO2. The zero-order chi connectivity index (χ0) is 8.55. The van der Waals surface area contributed by atoms with Crippen LogP contribution < -0.4 is 5.32 Å². The van der Waals surface area contributed by atoms with Crippen LogP contribution in [0.4, 0.5) is 0 Å². The number of piperidine rings is 1. The van der Waals surface area contributed by atoms with Gasteiger partial charge < -0.3 is 10.1 Å². The summed E-state index contributed by atoms with van der Waals surface area (Å²) < 4.78 is 4.76. The molecule has 1 N–H and O–H groups in total. The molecule has 76 valence electrons. The van der Waals surface area contributed by atoms with E-state index in [1.807, 2.05) is 0 Å². The summed E-state index contributed by atoms with van der Waals surface area (Å²) in [7, 11) is 1.48. The maximum atomic E-state index is 11.3. The highest BCUT2D eigenvalue weighted by atomic mass is 35.5. The van der Waals surface area contributed by atoms with Crippen LogP contribution in [0.3, 0.4) is 0 Å². The van der Waals surface area contributed by atoms with Crippen molar-refractivity contribution in [3.05, 3.63) is 0 Å². The maximum absolute atomic E-state index is 11.3. The molecule has 0 aliphatic carbocycles. The third-order valence-corrected chi connectivity index (χ3v) is 3.05. The zero-order valence-corrected chi connectivity index (χ0v) is 8.60. The van der Waals surface area contributed by atoms with Crippen molar-refractivity contribution in [3.63, 3.8) is 0 Å². The minimum atomic E-state index is -0.0306. The van der Waals surface area contributed by atoms with Gasteiger partial charge in [0.25, 0.3) is 0 Å². The second-order valence-electron chi connectivity index (χ2n) is 3.77. The number of ether oxygens (including phenoxy) is 1. The first-order chi connectivity index (χ1) is 5.81. The van der Waals surface area contributed by atoms with Crippen LogP contribution in [0.25, 0.3) is 0 Å². The average molecular weight is 206 g/mol. The molecular weight excluding hydrogens is 190 g/mol. The van der Waals surface area contributed by atoms with E-state index >= 15 is 0 Å². The highest BCUT2D eigenvalue weighted by molar-refractivity contribution is 5.85. The predicted octanol–water partition coefficient (Wildman–Crippen LogP) is 1.11. The van der Waals surface area contributed by atoms with E-state index in [1.165, 1.54) is 20.0 Å². The Balaban J connectivity index is 0.000000845. The van der Waals surface area contributed by atoms with Crippen LogP contribution in [0.2, 0.25) is 0 Å². The number of hydrogen-bond acceptors (Lipinski definition) is 3. The van der Waals surface area contributed by atoms with Gasteiger partial charge in [-0.15, -0.1) is 12.4 Å². The molecule has 2 heterocycles. The lowest BCUT2D eigenvalue weighted by atomic mass is 9.99. The largest absolute Gasteiger partial charge is 0.469 e. The molecule has 0 radical (unpaired) electrons. The van der Waals surface area contributed by atoms with Crippen LogP contribution in [-0.4, -0.2) is 25.2 Å². The summed E-state index contributed by atoms with van der Waals surface area (Å²) in [4.78, 5) is 11.3. The first kappa shape index (κ1) is 10.8. The summed E-state index contributed by atoms with van der Waals surface area (Å²) in [5.41, 5.74) is 0. The lowest BCUT2D eigenvalue weighted by Crippen LogP contribution is -2.37. The van der Waals surface area contributed by atoms with E-state index < -0.39 is 0 Å². The van der Waals surface area contributed by atoms with Gasteiger partial charge in [-0.1, -0.05) is 6.42 Å². The van der Waals surface area contributed by atoms with Gasteiger partial charge in [0.1, 0.15) is 0 Å². The number of carbonyl (C=O) groups is 1. The Morgan fingerprint density at radius 1 is 1.46 bits per heavy atom. The predicted molar refractivity (Wildman–Crippen MR) is 51.9 cm³/mol. The van der Waals surface area contributed by atoms with E-state index in [0.717, 1.165) is 12.8 Å². The summed E-state index contributed by atoms with van der Waals surface area (Å²) >= 11 is 0. The molecule has 2 rings (SSSR count). The molecule has 2 fully saturated rings. The Labute approximate surface area is 84.6 Å². The van der Waals surface area contributed by atoms with Gasteiger partial charge in [-0.25, -0.2) is 0 Å². The fourth-order valence-corrected chi connectivity index (χ4v) is 2.44. The van der Waals surface area contributed by atoms with Crippen LogP contribution in [0.1, 0.15) is 25.7 Å². The number of hydrogen-bond donors (Lipinski definition) is 1. The van der Waals surface area contributed by atoms with Crippen molar-refractivity contribution in [2.24, 2.45) is 5.92 Å². The average Bonchev–Trinajstić information content (AvgIpc) is 2.40. The van der Waals surface area contributed by atoms with Crippen molar-refractivity contribution in [1.82, 2.24) is 5.32 Å². The monoisotopic (exact) mass is 205 g/mol. The standard InChI is InChI=1S/C9H15NO2.ClH/c1-12-9(11)7-5-6-3-2-4-8(7)10-6;/h6-8,10H,2-5H2,1H3;1H/t6-,7-,8+;/m1./s1. The van der Waals surface area contributed by atoms with Crippen molar-refractivity contribution in [2.75, 3.05) is 7.11 Å². The molecule has 2 aliphatic rings. The number of methoxy groups -OCH3 is 1. The van der Waals surface area contributed by atoms with Crippen molar-refractivity contribution in [2.45, 2.75) is 37.8 Å². The Morgan fingerprint density at radius 3 is 2.85 bits per heavy atom. The van der Waals surface area contributed by atoms with E-state index in [-0.39, 0.29) is 24.3 Å². The normalized spacial score (nSPS) is 36.5. The molecule has 3 atom stereocenters. The minimum Gasteiger partial charge on any atom is -0.469 e. The number of fused-ring (bicyclic) bond motifs is 2. The molecule has 13 heavy (non-hydrogen) atoms. The van der Waals surface area contributed by atoms with E-state index in [4.69, 9.17) is 4.74 Å². The smallest absolute Gasteiger partial charge is 0.310 e. The summed E-state index contributed by atoms with van der Waals surface area (Å²) in [5, 5.41) is 3.45. The molecule has 2 aliphatic heterocycles. The summed E-state index contributed by atoms with van der Waals surface area (Å²) in [6.07, 6.45) is 4.60. The molecule has 0 unspecified atom stereocenters. The second kappa shape index (κ2) is 4.29. The van der Waals surface area contributed by atoms with Crippen LogP contribution in [0.15, 0.2) is 0 Å². The minimum absolute atomic E-state index is 0. The Morgan fingerprint density at radius 2 is 2.23 bits per heavy atom. The van der Waals surface area contributed by atoms with Gasteiger partial charge in [0.2, 0.25) is 0 Å². The maximum Gasteiger partial charge on any atom is 0.310 e. The van der Waals surface area contributed by atoms with Crippen molar-refractivity contribution in [3.8, 4) is 0 Å². The summed E-state index contributed by atoms with van der Waals surface area (Å²) in [6, 6.07) is 0.976. The molecule has 0 aromatic rings. The van der Waals surface area contributed by atoms with Gasteiger partial charge in [-0.3, -0.25) is 4.79 Å². The topological polar surface area (TPSA) is 38.3 Å². The van der Waals surface area contributed by atoms with Gasteiger partial charge in [-0.2, -0.15) is 0 Å². The lowest BCUT2D eigenvalue weighted by Gasteiger charge is -2.21. The van der Waals surface area contributed by atoms with Crippen molar-refractivity contribution in [1.29, 1.82) is 0 Å². The molecule has 3 nitrogen and oxygen atoms in total. The van der Waals surface area contributed by atoms with E-state index in [9.17, 15) is 4.79 Å². The van der Waals surface area contributed by atoms with Crippen molar-refractivity contribution < 1.29 is 9.53 Å². The van der Waals surface area contributed by atoms with Gasteiger partial charge in [0.15, 0.2) is 0 Å². The molecule has 4 heteroatoms. The summed E-state index contributed by atoms with van der Waals surface area (Å²) in [5.74, 6) is 0.0967. The Hall–Kier alpha value is -0.280. The first-order valence-electron chi connectivity index (χ1n) is 4.65. The molecule has 2 saturated heterocycles. The fraction of sp³-hybridized carbons (Fsp3) is 0.889. The quantitative estimate of drug-likeness (QED) is 0.652. The molecule has 0 saturated carbocycles. The molecule has 0 spiro atoms. The van der Waals surface area contributed by atoms with Crippen LogP contribution >= 0.6 is 12.4 Å². The van der Waals surface area contributed by atoms with Crippen molar-refractivity contribution >= 4 is 18.4 Å². The number of carbonyl (C=O) groups excluding carboxylic acids is 1. The molecule has 0 amide bonds. The van der Waals surface area contributed by atoms with E-state index in [2.05, 4.69) is 5.32 Å². The zero-order valence-electron chi connectivity index (χ0n) is 7.79. The van der Waals surface area contributed by atoms with E-state index in [1.54, 1.807) is 0 Å². The third kappa shape index (κ3) is 1.97. The van der Waals surface area contributed by atoms with Gasteiger partial charge >= 0.3 is 5.97 Å². The number of esters is 1. The number of nitrogens with one attached hydrogen (secondary N) is 1. The Kier molecular flexibility index (Phi) is 3.56. The highest BCUT2D eigenvalue weighted by Crippen LogP contribution is 2.32. The third-order valence-electron chi connectivity index (χ3n) is 3.05. The first-order valence-corrected chi connectivity index (χ1v) is 4.65. The van der Waals surface area contributed by atoms with Crippen LogP contribution in [-0.2, 0) is 9.53 Å². The second-order valence-corrected chi connectivity index (χ2v) is 3.77. The fourth-order valence-electron chi connectivity index (χ4n) is 2.44. The van der Waals surface area contributed by atoms with Crippen LogP contribution in [0.5, 0.6) is 0 Å². The number of rotatable bonds is 1. The Bertz CT molecular complexity index is 198. The lowest BCUT2D eigenvalue weighted by molar-refractivity contribution is -0.145. The molecule has 0 aromatic heterocycles. The molecule has 2 bridgehead atoms. The highest BCUT2D eigenvalue weighted by Gasteiger charge is 2.40.